The average Bonchev–Trinajstić information content (AvgIpc) is 2.68. The van der Waals surface area contributed by atoms with E-state index in [2.05, 4.69) is 5.32 Å². The molecule has 0 radical (unpaired) electrons. The predicted molar refractivity (Wildman–Crippen MR) is 99.4 cm³/mol. The summed E-state index contributed by atoms with van der Waals surface area (Å²) in [6.07, 6.45) is -0.181. The van der Waals surface area contributed by atoms with Gasteiger partial charge < -0.3 is 19.5 Å². The largest absolute Gasteiger partial charge is 0.497 e. The summed E-state index contributed by atoms with van der Waals surface area (Å²) in [5.74, 6) is 0.913. The van der Waals surface area contributed by atoms with E-state index in [0.29, 0.717) is 18.7 Å². The van der Waals surface area contributed by atoms with Gasteiger partial charge in [0.05, 0.1) is 25.2 Å². The van der Waals surface area contributed by atoms with Crippen molar-refractivity contribution in [2.45, 2.75) is 19.4 Å². The lowest BCUT2D eigenvalue weighted by Gasteiger charge is -2.16. The molecule has 27 heavy (non-hydrogen) atoms. The Hall–Kier alpha value is -3.29. The molecule has 0 bridgehead atoms. The van der Waals surface area contributed by atoms with Gasteiger partial charge in [0.15, 0.2) is 17.6 Å². The Morgan fingerprint density at radius 1 is 1.11 bits per heavy atom. The average molecular weight is 374 g/mol. The van der Waals surface area contributed by atoms with E-state index in [1.54, 1.807) is 14.0 Å². The first kappa shape index (κ1) is 20.0. The van der Waals surface area contributed by atoms with E-state index in [-0.39, 0.29) is 17.3 Å². The van der Waals surface area contributed by atoms with Gasteiger partial charge in [0, 0.05) is 12.6 Å². The SMILES string of the molecule is COc1ccc(CCNC(=O)[C@H](C)Oc2cc([N+](=O)[O-])ccc2OC)cc1. The van der Waals surface area contributed by atoms with Gasteiger partial charge in [-0.1, -0.05) is 12.1 Å². The Labute approximate surface area is 157 Å². The van der Waals surface area contributed by atoms with Crippen molar-refractivity contribution in [1.29, 1.82) is 0 Å². The third-order valence-electron chi connectivity index (χ3n) is 3.90. The second-order valence-corrected chi connectivity index (χ2v) is 5.74. The molecule has 8 heteroatoms. The number of non-ortho nitro benzene ring substituents is 1. The van der Waals surface area contributed by atoms with E-state index < -0.39 is 11.0 Å². The number of nitro benzene ring substituents is 1. The second-order valence-electron chi connectivity index (χ2n) is 5.74. The van der Waals surface area contributed by atoms with Gasteiger partial charge in [0.25, 0.3) is 11.6 Å². The maximum absolute atomic E-state index is 12.2. The van der Waals surface area contributed by atoms with Gasteiger partial charge in [-0.3, -0.25) is 14.9 Å². The predicted octanol–water partition coefficient (Wildman–Crippen LogP) is 2.74. The second kappa shape index (κ2) is 9.42. The van der Waals surface area contributed by atoms with Crippen molar-refractivity contribution in [2.24, 2.45) is 0 Å². The molecule has 0 unspecified atom stereocenters. The molecule has 0 saturated heterocycles. The van der Waals surface area contributed by atoms with Crippen LogP contribution in [0.15, 0.2) is 42.5 Å². The third kappa shape index (κ3) is 5.60. The van der Waals surface area contributed by atoms with Crippen LogP contribution in [0.25, 0.3) is 0 Å². The number of carbonyl (C=O) groups is 1. The first-order valence-corrected chi connectivity index (χ1v) is 8.34. The van der Waals surface area contributed by atoms with Crippen LogP contribution >= 0.6 is 0 Å². The molecule has 144 valence electrons. The Balaban J connectivity index is 1.91. The summed E-state index contributed by atoms with van der Waals surface area (Å²) in [5, 5.41) is 13.7. The number of hydrogen-bond donors (Lipinski definition) is 1. The molecule has 0 aliphatic heterocycles. The normalized spacial score (nSPS) is 11.4. The zero-order valence-corrected chi connectivity index (χ0v) is 15.4. The van der Waals surface area contributed by atoms with Crippen molar-refractivity contribution in [3.8, 4) is 17.2 Å². The molecule has 2 rings (SSSR count). The molecule has 0 aromatic heterocycles. The number of ether oxygens (including phenoxy) is 3. The van der Waals surface area contributed by atoms with Crippen molar-refractivity contribution in [3.05, 3.63) is 58.1 Å². The summed E-state index contributed by atoms with van der Waals surface area (Å²) >= 11 is 0. The summed E-state index contributed by atoms with van der Waals surface area (Å²) in [6, 6.07) is 11.6. The van der Waals surface area contributed by atoms with Crippen molar-refractivity contribution in [3.63, 3.8) is 0 Å². The number of nitrogens with zero attached hydrogens (tertiary/aromatic N) is 1. The summed E-state index contributed by atoms with van der Waals surface area (Å²) in [7, 11) is 3.03. The lowest BCUT2D eigenvalue weighted by Crippen LogP contribution is -2.37. The summed E-state index contributed by atoms with van der Waals surface area (Å²) in [4.78, 5) is 22.6. The minimum atomic E-state index is -0.836. The molecule has 1 amide bonds. The fourth-order valence-electron chi connectivity index (χ4n) is 2.38. The van der Waals surface area contributed by atoms with E-state index in [1.807, 2.05) is 24.3 Å². The van der Waals surface area contributed by atoms with E-state index in [9.17, 15) is 14.9 Å². The highest BCUT2D eigenvalue weighted by Gasteiger charge is 2.19. The molecule has 8 nitrogen and oxygen atoms in total. The minimum Gasteiger partial charge on any atom is -0.497 e. The van der Waals surface area contributed by atoms with Gasteiger partial charge in [-0.05, 0) is 37.1 Å². The van der Waals surface area contributed by atoms with Gasteiger partial charge in [-0.15, -0.1) is 0 Å². The molecule has 1 N–H and O–H groups in total. The van der Waals surface area contributed by atoms with E-state index >= 15 is 0 Å². The highest BCUT2D eigenvalue weighted by atomic mass is 16.6. The van der Waals surface area contributed by atoms with Crippen LogP contribution in [0, 0.1) is 10.1 Å². The van der Waals surface area contributed by atoms with Crippen molar-refractivity contribution in [1.82, 2.24) is 5.32 Å². The zero-order valence-electron chi connectivity index (χ0n) is 15.4. The number of benzene rings is 2. The highest BCUT2D eigenvalue weighted by Crippen LogP contribution is 2.31. The quantitative estimate of drug-likeness (QED) is 0.535. The van der Waals surface area contributed by atoms with Crippen molar-refractivity contribution in [2.75, 3.05) is 20.8 Å². The monoisotopic (exact) mass is 374 g/mol. The lowest BCUT2D eigenvalue weighted by atomic mass is 10.1. The van der Waals surface area contributed by atoms with Crippen LogP contribution in [-0.2, 0) is 11.2 Å². The van der Waals surface area contributed by atoms with Crippen molar-refractivity contribution >= 4 is 11.6 Å². The molecule has 2 aromatic rings. The number of carbonyl (C=O) groups excluding carboxylic acids is 1. The molecule has 0 heterocycles. The van der Waals surface area contributed by atoms with Crippen LogP contribution in [0.2, 0.25) is 0 Å². The molecule has 1 atom stereocenters. The number of nitro groups is 1. The molecule has 0 aliphatic rings. The van der Waals surface area contributed by atoms with E-state index in [4.69, 9.17) is 14.2 Å². The van der Waals surface area contributed by atoms with Crippen molar-refractivity contribution < 1.29 is 23.9 Å². The van der Waals surface area contributed by atoms with Crippen LogP contribution in [0.3, 0.4) is 0 Å². The van der Waals surface area contributed by atoms with Gasteiger partial charge in [-0.25, -0.2) is 0 Å². The van der Waals surface area contributed by atoms with Gasteiger partial charge >= 0.3 is 0 Å². The summed E-state index contributed by atoms with van der Waals surface area (Å²) in [5.41, 5.74) is 0.919. The maximum Gasteiger partial charge on any atom is 0.273 e. The van der Waals surface area contributed by atoms with Gasteiger partial charge in [0.2, 0.25) is 0 Å². The number of amides is 1. The maximum atomic E-state index is 12.2. The Morgan fingerprint density at radius 3 is 2.41 bits per heavy atom. The number of methoxy groups -OCH3 is 2. The molecular weight excluding hydrogens is 352 g/mol. The molecule has 0 saturated carbocycles. The Morgan fingerprint density at radius 2 is 1.81 bits per heavy atom. The first-order chi connectivity index (χ1) is 12.9. The highest BCUT2D eigenvalue weighted by molar-refractivity contribution is 5.80. The molecule has 2 aromatic carbocycles. The summed E-state index contributed by atoms with van der Waals surface area (Å²) < 4.78 is 15.8. The smallest absolute Gasteiger partial charge is 0.273 e. The molecule has 0 spiro atoms. The fourth-order valence-corrected chi connectivity index (χ4v) is 2.38. The van der Waals surface area contributed by atoms with Crippen LogP contribution in [0.5, 0.6) is 17.2 Å². The minimum absolute atomic E-state index is 0.141. The fraction of sp³-hybridized carbons (Fsp3) is 0.316. The lowest BCUT2D eigenvalue weighted by molar-refractivity contribution is -0.385. The van der Waals surface area contributed by atoms with Crippen LogP contribution in [0.1, 0.15) is 12.5 Å². The standard InChI is InChI=1S/C19H22N2O6/c1-13(27-18-12-15(21(23)24)6-9-17(18)26-3)19(22)20-11-10-14-4-7-16(25-2)8-5-14/h4-9,12-13H,10-11H2,1-3H3,(H,20,22)/t13-/m0/s1. The van der Waals surface area contributed by atoms with Crippen LogP contribution in [0.4, 0.5) is 5.69 Å². The van der Waals surface area contributed by atoms with E-state index in [0.717, 1.165) is 11.3 Å². The van der Waals surface area contributed by atoms with Gasteiger partial charge in [-0.2, -0.15) is 0 Å². The molecule has 0 aliphatic carbocycles. The van der Waals surface area contributed by atoms with Gasteiger partial charge in [0.1, 0.15) is 5.75 Å². The number of hydrogen-bond acceptors (Lipinski definition) is 6. The van der Waals surface area contributed by atoms with Crippen LogP contribution in [-0.4, -0.2) is 37.7 Å². The zero-order chi connectivity index (χ0) is 19.8. The Kier molecular flexibility index (Phi) is 6.99. The van der Waals surface area contributed by atoms with E-state index in [1.165, 1.54) is 25.3 Å². The summed E-state index contributed by atoms with van der Waals surface area (Å²) in [6.45, 7) is 2.01. The van der Waals surface area contributed by atoms with Crippen LogP contribution < -0.4 is 19.5 Å². The number of nitrogens with one attached hydrogen (secondary N) is 1. The Bertz CT molecular complexity index is 791. The topological polar surface area (TPSA) is 99.9 Å². The third-order valence-corrected chi connectivity index (χ3v) is 3.90. The molecule has 0 fully saturated rings. The first-order valence-electron chi connectivity index (χ1n) is 8.34. The number of rotatable bonds is 9. The molecular formula is C19H22N2O6.